The summed E-state index contributed by atoms with van der Waals surface area (Å²) in [5.74, 6) is 0.688. The Balaban J connectivity index is 1.88. The number of allylic oxidation sites excluding steroid dienone is 2. The summed E-state index contributed by atoms with van der Waals surface area (Å²) < 4.78 is 13.0. The predicted molar refractivity (Wildman–Crippen MR) is 119 cm³/mol. The van der Waals surface area contributed by atoms with Crippen molar-refractivity contribution in [3.63, 3.8) is 0 Å². The van der Waals surface area contributed by atoms with Crippen LogP contribution in [0.25, 0.3) is 0 Å². The van der Waals surface area contributed by atoms with Crippen molar-refractivity contribution in [1.82, 2.24) is 0 Å². The fraction of sp³-hybridized carbons (Fsp3) is 0.652. The van der Waals surface area contributed by atoms with Gasteiger partial charge in [0, 0.05) is 0 Å². The largest absolute Gasteiger partial charge is 0.489 e. The van der Waals surface area contributed by atoms with Crippen LogP contribution in [0.15, 0.2) is 41.9 Å². The molecule has 1 aromatic rings. The molecular formula is C23H37BO2Si. The Morgan fingerprint density at radius 1 is 1.00 bits per heavy atom. The molecule has 0 atom stereocenters. The van der Waals surface area contributed by atoms with Crippen molar-refractivity contribution in [1.29, 1.82) is 0 Å². The third kappa shape index (κ3) is 4.78. The lowest BCUT2D eigenvalue weighted by Gasteiger charge is -2.32. The second kappa shape index (κ2) is 7.89. The molecule has 27 heavy (non-hydrogen) atoms. The van der Waals surface area contributed by atoms with Crippen LogP contribution in [-0.2, 0) is 9.31 Å². The fourth-order valence-corrected chi connectivity index (χ4v) is 6.92. The zero-order valence-corrected chi connectivity index (χ0v) is 19.2. The molecule has 0 radical (unpaired) electrons. The first kappa shape index (κ1) is 20.9. The summed E-state index contributed by atoms with van der Waals surface area (Å²) in [5, 5.41) is 1.51. The lowest BCUT2D eigenvalue weighted by atomic mass is 9.75. The highest BCUT2D eigenvalue weighted by atomic mass is 28.3. The summed E-state index contributed by atoms with van der Waals surface area (Å²) in [5.41, 5.74) is 0.838. The molecule has 0 aromatic heterocycles. The first-order chi connectivity index (χ1) is 12.6. The number of hydrogen-bond acceptors (Lipinski definition) is 2. The predicted octanol–water partition coefficient (Wildman–Crippen LogP) is 5.74. The fourth-order valence-electron chi connectivity index (χ4n) is 4.32. The van der Waals surface area contributed by atoms with Crippen LogP contribution < -0.4 is 5.19 Å². The first-order valence-corrected chi connectivity index (χ1v) is 13.9. The smallest absolute Gasteiger partial charge is 0.400 e. The first-order valence-electron chi connectivity index (χ1n) is 10.7. The van der Waals surface area contributed by atoms with Gasteiger partial charge in [-0.25, -0.2) is 0 Å². The minimum atomic E-state index is -1.62. The monoisotopic (exact) mass is 384 g/mol. The molecule has 1 heterocycles. The molecule has 0 amide bonds. The van der Waals surface area contributed by atoms with Crippen LogP contribution in [0.5, 0.6) is 0 Å². The van der Waals surface area contributed by atoms with Crippen LogP contribution in [0.4, 0.5) is 0 Å². The van der Waals surface area contributed by atoms with E-state index in [-0.39, 0.29) is 18.3 Å². The van der Waals surface area contributed by atoms with E-state index < -0.39 is 8.07 Å². The molecule has 1 saturated carbocycles. The maximum absolute atomic E-state index is 6.48. The molecule has 0 N–H and O–H groups in total. The van der Waals surface area contributed by atoms with Gasteiger partial charge in [0.1, 0.15) is 0 Å². The van der Waals surface area contributed by atoms with Crippen LogP contribution in [0.3, 0.4) is 0 Å². The lowest BCUT2D eigenvalue weighted by molar-refractivity contribution is 0.00578. The molecule has 2 aliphatic rings. The Kier molecular flexibility index (Phi) is 6.10. The SMILES string of the molecule is CC1(C)OB(/C(=C/C2CCCCC2)C[Si](C)(C)c2ccccc2)OC1(C)C. The van der Waals surface area contributed by atoms with Crippen molar-refractivity contribution in [2.24, 2.45) is 5.92 Å². The number of benzene rings is 1. The van der Waals surface area contributed by atoms with Gasteiger partial charge < -0.3 is 9.31 Å². The highest BCUT2D eigenvalue weighted by Crippen LogP contribution is 2.40. The standard InChI is InChI=1S/C23H37BO2Si/c1-22(2)23(3,4)26-24(25-22)20(17-19-13-9-7-10-14-19)18-27(5,6)21-15-11-8-12-16-21/h8,11-12,15-17,19H,7,9-10,13-14,18H2,1-6H3/b20-17+. The second-order valence-corrected chi connectivity index (χ2v) is 14.9. The third-order valence-corrected chi connectivity index (χ3v) is 10.0. The van der Waals surface area contributed by atoms with Crippen LogP contribution >= 0.6 is 0 Å². The Morgan fingerprint density at radius 2 is 1.56 bits per heavy atom. The van der Waals surface area contributed by atoms with E-state index in [1.54, 1.807) is 0 Å². The van der Waals surface area contributed by atoms with Gasteiger partial charge in [0.05, 0.1) is 19.3 Å². The second-order valence-electron chi connectivity index (χ2n) is 10.2. The van der Waals surface area contributed by atoms with Gasteiger partial charge >= 0.3 is 7.12 Å². The average Bonchev–Trinajstić information content (AvgIpc) is 2.84. The van der Waals surface area contributed by atoms with E-state index in [0.29, 0.717) is 5.92 Å². The third-order valence-electron chi connectivity index (χ3n) is 6.86. The van der Waals surface area contributed by atoms with Crippen LogP contribution in [0, 0.1) is 5.92 Å². The zero-order valence-electron chi connectivity index (χ0n) is 18.2. The summed E-state index contributed by atoms with van der Waals surface area (Å²) in [6.45, 7) is 13.6. The highest BCUT2D eigenvalue weighted by molar-refractivity contribution is 6.91. The topological polar surface area (TPSA) is 18.5 Å². The Hall–Kier alpha value is -0.838. The van der Waals surface area contributed by atoms with Crippen molar-refractivity contribution >= 4 is 20.4 Å². The molecule has 0 unspecified atom stereocenters. The highest BCUT2D eigenvalue weighted by Gasteiger charge is 2.52. The van der Waals surface area contributed by atoms with Gasteiger partial charge in [-0.2, -0.15) is 0 Å². The van der Waals surface area contributed by atoms with E-state index >= 15 is 0 Å². The van der Waals surface area contributed by atoms with E-state index in [1.807, 2.05) is 0 Å². The van der Waals surface area contributed by atoms with Crippen LogP contribution in [0.2, 0.25) is 19.1 Å². The Morgan fingerprint density at radius 3 is 2.11 bits per heavy atom. The molecule has 4 heteroatoms. The van der Waals surface area contributed by atoms with Gasteiger partial charge in [-0.1, -0.05) is 74.0 Å². The van der Waals surface area contributed by atoms with Crippen molar-refractivity contribution in [2.45, 2.75) is 90.1 Å². The minimum absolute atomic E-state index is 0.201. The van der Waals surface area contributed by atoms with E-state index in [4.69, 9.17) is 9.31 Å². The summed E-state index contributed by atoms with van der Waals surface area (Å²) in [4.78, 5) is 0. The van der Waals surface area contributed by atoms with Crippen LogP contribution in [0.1, 0.15) is 59.8 Å². The minimum Gasteiger partial charge on any atom is -0.400 e. The van der Waals surface area contributed by atoms with E-state index in [0.717, 1.165) is 6.04 Å². The van der Waals surface area contributed by atoms with Crippen molar-refractivity contribution in [3.8, 4) is 0 Å². The maximum atomic E-state index is 6.48. The molecule has 1 aromatic carbocycles. The Labute approximate surface area is 167 Å². The lowest BCUT2D eigenvalue weighted by Crippen LogP contribution is -2.43. The molecule has 148 valence electrons. The van der Waals surface area contributed by atoms with Gasteiger partial charge in [0.2, 0.25) is 0 Å². The maximum Gasteiger partial charge on any atom is 0.489 e. The van der Waals surface area contributed by atoms with Crippen molar-refractivity contribution < 1.29 is 9.31 Å². The van der Waals surface area contributed by atoms with Gasteiger partial charge in [0.15, 0.2) is 0 Å². The number of hydrogen-bond donors (Lipinski definition) is 0. The van der Waals surface area contributed by atoms with Crippen molar-refractivity contribution in [2.75, 3.05) is 0 Å². The summed E-state index contributed by atoms with van der Waals surface area (Å²) in [6.07, 6.45) is 9.28. The van der Waals surface area contributed by atoms with Gasteiger partial charge in [-0.05, 0) is 58.0 Å². The quantitative estimate of drug-likeness (QED) is 0.603. The molecular weight excluding hydrogens is 347 g/mol. The van der Waals surface area contributed by atoms with E-state index in [2.05, 4.69) is 77.2 Å². The zero-order chi connectivity index (χ0) is 19.7. The summed E-state index contributed by atoms with van der Waals surface area (Å²) >= 11 is 0. The number of rotatable bonds is 5. The molecule has 0 spiro atoms. The molecule has 1 aliphatic heterocycles. The van der Waals surface area contributed by atoms with Crippen LogP contribution in [-0.4, -0.2) is 26.4 Å². The molecule has 2 nitrogen and oxygen atoms in total. The Bertz CT molecular complexity index is 644. The van der Waals surface area contributed by atoms with Gasteiger partial charge in [-0.15, -0.1) is 0 Å². The average molecular weight is 384 g/mol. The summed E-state index contributed by atoms with van der Waals surface area (Å²) in [6, 6.07) is 12.2. The van der Waals surface area contributed by atoms with Gasteiger partial charge in [0.25, 0.3) is 0 Å². The van der Waals surface area contributed by atoms with E-state index in [1.165, 1.54) is 42.8 Å². The van der Waals surface area contributed by atoms with Gasteiger partial charge in [-0.3, -0.25) is 0 Å². The summed E-state index contributed by atoms with van der Waals surface area (Å²) in [7, 11) is -1.82. The molecule has 3 rings (SSSR count). The molecule has 1 aliphatic carbocycles. The molecule has 0 bridgehead atoms. The molecule has 2 fully saturated rings. The normalized spacial score (nSPS) is 23.6. The molecule has 1 saturated heterocycles. The van der Waals surface area contributed by atoms with E-state index in [9.17, 15) is 0 Å². The van der Waals surface area contributed by atoms with Crippen molar-refractivity contribution in [3.05, 3.63) is 41.9 Å².